The zero-order valence-electron chi connectivity index (χ0n) is 9.80. The van der Waals surface area contributed by atoms with E-state index in [1.165, 1.54) is 12.4 Å². The zero-order chi connectivity index (χ0) is 12.5. The molecule has 1 aliphatic rings. The van der Waals surface area contributed by atoms with Crippen LogP contribution in [0.1, 0.15) is 30.8 Å². The molecule has 1 aromatic rings. The van der Waals surface area contributed by atoms with Gasteiger partial charge in [-0.25, -0.2) is 14.8 Å². The maximum Gasteiger partial charge on any atom is 0.356 e. The third kappa shape index (κ3) is 2.36. The topological polar surface area (TPSA) is 84.3 Å². The van der Waals surface area contributed by atoms with Crippen molar-refractivity contribution >= 4 is 11.8 Å². The summed E-state index contributed by atoms with van der Waals surface area (Å²) < 4.78 is 5.50. The Balaban J connectivity index is 2.11. The van der Waals surface area contributed by atoms with Crippen molar-refractivity contribution in [3.63, 3.8) is 0 Å². The number of ether oxygens (including phenoxy) is 1. The van der Waals surface area contributed by atoms with E-state index in [2.05, 4.69) is 22.2 Å². The van der Waals surface area contributed by atoms with Gasteiger partial charge in [-0.15, -0.1) is 0 Å². The summed E-state index contributed by atoms with van der Waals surface area (Å²) in [7, 11) is 0. The van der Waals surface area contributed by atoms with Crippen LogP contribution in [0.4, 0.5) is 5.82 Å². The first kappa shape index (κ1) is 11.8. The van der Waals surface area contributed by atoms with Gasteiger partial charge in [0.1, 0.15) is 5.82 Å². The molecule has 6 heteroatoms. The van der Waals surface area contributed by atoms with Crippen molar-refractivity contribution in [3.05, 3.63) is 18.1 Å². The van der Waals surface area contributed by atoms with E-state index in [4.69, 9.17) is 9.84 Å². The molecule has 92 valence electrons. The SMILES string of the molecule is CC1OCCC1(C)Nc1cnc(C(=O)O)cn1. The summed E-state index contributed by atoms with van der Waals surface area (Å²) in [6, 6.07) is 0. The van der Waals surface area contributed by atoms with Crippen LogP contribution >= 0.6 is 0 Å². The lowest BCUT2D eigenvalue weighted by atomic mass is 9.95. The summed E-state index contributed by atoms with van der Waals surface area (Å²) >= 11 is 0. The summed E-state index contributed by atoms with van der Waals surface area (Å²) in [6.07, 6.45) is 3.65. The van der Waals surface area contributed by atoms with Gasteiger partial charge in [0, 0.05) is 6.61 Å². The Morgan fingerprint density at radius 3 is 2.82 bits per heavy atom. The first-order valence-electron chi connectivity index (χ1n) is 5.46. The molecule has 2 heterocycles. The second-order valence-electron chi connectivity index (χ2n) is 4.40. The first-order chi connectivity index (χ1) is 8.01. The van der Waals surface area contributed by atoms with Gasteiger partial charge in [0.25, 0.3) is 0 Å². The Morgan fingerprint density at radius 2 is 2.35 bits per heavy atom. The van der Waals surface area contributed by atoms with Crippen molar-refractivity contribution in [2.45, 2.75) is 31.9 Å². The third-order valence-electron chi connectivity index (χ3n) is 3.17. The average Bonchev–Trinajstić information content (AvgIpc) is 2.60. The Labute approximate surface area is 99.0 Å². The van der Waals surface area contributed by atoms with Crippen LogP contribution in [0.2, 0.25) is 0 Å². The number of aromatic nitrogens is 2. The molecule has 2 rings (SSSR count). The van der Waals surface area contributed by atoms with Crippen molar-refractivity contribution in [3.8, 4) is 0 Å². The first-order valence-corrected chi connectivity index (χ1v) is 5.46. The number of anilines is 1. The lowest BCUT2D eigenvalue weighted by Gasteiger charge is -2.29. The standard InChI is InChI=1S/C11H15N3O3/c1-7-11(2,3-4-17-7)14-9-6-12-8(5-13-9)10(15)16/h5-7H,3-4H2,1-2H3,(H,13,14)(H,15,16). The van der Waals surface area contributed by atoms with Crippen LogP contribution in [0, 0.1) is 0 Å². The fraction of sp³-hybridized carbons (Fsp3) is 0.545. The summed E-state index contributed by atoms with van der Waals surface area (Å²) in [6.45, 7) is 4.77. The number of hydrogen-bond acceptors (Lipinski definition) is 5. The largest absolute Gasteiger partial charge is 0.476 e. The van der Waals surface area contributed by atoms with E-state index < -0.39 is 5.97 Å². The average molecular weight is 237 g/mol. The van der Waals surface area contributed by atoms with E-state index in [1.54, 1.807) is 0 Å². The molecule has 0 radical (unpaired) electrons. The van der Waals surface area contributed by atoms with Crippen molar-refractivity contribution < 1.29 is 14.6 Å². The molecule has 1 saturated heterocycles. The van der Waals surface area contributed by atoms with Gasteiger partial charge in [-0.2, -0.15) is 0 Å². The molecule has 1 aromatic heterocycles. The second-order valence-corrected chi connectivity index (χ2v) is 4.40. The molecule has 1 fully saturated rings. The minimum absolute atomic E-state index is 0.0589. The lowest BCUT2D eigenvalue weighted by molar-refractivity contribution is 0.0690. The third-order valence-corrected chi connectivity index (χ3v) is 3.17. The van der Waals surface area contributed by atoms with Crippen molar-refractivity contribution in [1.82, 2.24) is 9.97 Å². The van der Waals surface area contributed by atoms with E-state index in [9.17, 15) is 4.79 Å². The Kier molecular flexibility index (Phi) is 2.97. The molecule has 1 aliphatic heterocycles. The normalized spacial score (nSPS) is 28.0. The van der Waals surface area contributed by atoms with Gasteiger partial charge in [0.2, 0.25) is 0 Å². The maximum absolute atomic E-state index is 10.6. The number of hydrogen-bond donors (Lipinski definition) is 2. The van der Waals surface area contributed by atoms with E-state index in [0.29, 0.717) is 12.4 Å². The molecule has 17 heavy (non-hydrogen) atoms. The summed E-state index contributed by atoms with van der Waals surface area (Å²) in [5, 5.41) is 12.0. The Hall–Kier alpha value is -1.69. The number of carbonyl (C=O) groups is 1. The highest BCUT2D eigenvalue weighted by atomic mass is 16.5. The number of nitrogens with zero attached hydrogens (tertiary/aromatic N) is 2. The van der Waals surface area contributed by atoms with Gasteiger partial charge in [-0.1, -0.05) is 0 Å². The summed E-state index contributed by atoms with van der Waals surface area (Å²) in [5.41, 5.74) is -0.240. The molecular formula is C11H15N3O3. The molecule has 6 nitrogen and oxygen atoms in total. The zero-order valence-corrected chi connectivity index (χ0v) is 9.80. The molecule has 0 aromatic carbocycles. The molecule has 2 N–H and O–H groups in total. The Bertz CT molecular complexity index is 420. The lowest BCUT2D eigenvalue weighted by Crippen LogP contribution is -2.41. The number of nitrogens with one attached hydrogen (secondary N) is 1. The van der Waals surface area contributed by atoms with E-state index in [1.807, 2.05) is 6.92 Å². The van der Waals surface area contributed by atoms with Crippen LogP contribution in [0.3, 0.4) is 0 Å². The fourth-order valence-electron chi connectivity index (χ4n) is 1.79. The molecule has 0 amide bonds. The smallest absolute Gasteiger partial charge is 0.356 e. The van der Waals surface area contributed by atoms with Crippen molar-refractivity contribution in [2.24, 2.45) is 0 Å². The monoisotopic (exact) mass is 237 g/mol. The minimum Gasteiger partial charge on any atom is -0.476 e. The molecule has 2 unspecified atom stereocenters. The van der Waals surface area contributed by atoms with Crippen LogP contribution in [0.5, 0.6) is 0 Å². The quantitative estimate of drug-likeness (QED) is 0.820. The minimum atomic E-state index is -1.08. The number of aromatic carboxylic acids is 1. The highest BCUT2D eigenvalue weighted by Crippen LogP contribution is 2.28. The van der Waals surface area contributed by atoms with Gasteiger partial charge in [-0.05, 0) is 20.3 Å². The van der Waals surface area contributed by atoms with Crippen LogP contribution in [-0.2, 0) is 4.74 Å². The van der Waals surface area contributed by atoms with Crippen molar-refractivity contribution in [1.29, 1.82) is 0 Å². The van der Waals surface area contributed by atoms with Crippen LogP contribution < -0.4 is 5.32 Å². The summed E-state index contributed by atoms with van der Waals surface area (Å²) in [4.78, 5) is 18.5. The second kappa shape index (κ2) is 4.29. The predicted octanol–water partition coefficient (Wildman–Crippen LogP) is 1.15. The molecule has 0 spiro atoms. The van der Waals surface area contributed by atoms with Gasteiger partial charge in [0.05, 0.1) is 24.0 Å². The molecular weight excluding hydrogens is 222 g/mol. The van der Waals surface area contributed by atoms with Crippen LogP contribution in [-0.4, -0.2) is 39.3 Å². The molecule has 0 aliphatic carbocycles. The molecule has 0 bridgehead atoms. The van der Waals surface area contributed by atoms with Crippen LogP contribution in [0.25, 0.3) is 0 Å². The molecule has 0 saturated carbocycles. The highest BCUT2D eigenvalue weighted by Gasteiger charge is 2.37. The number of carboxylic acid groups (broad SMARTS) is 1. The van der Waals surface area contributed by atoms with Gasteiger partial charge in [0.15, 0.2) is 5.69 Å². The number of carboxylic acids is 1. The summed E-state index contributed by atoms with van der Waals surface area (Å²) in [5.74, 6) is -0.511. The Morgan fingerprint density at radius 1 is 1.59 bits per heavy atom. The fourth-order valence-corrected chi connectivity index (χ4v) is 1.79. The van der Waals surface area contributed by atoms with E-state index in [0.717, 1.165) is 6.42 Å². The number of rotatable bonds is 3. The van der Waals surface area contributed by atoms with E-state index in [-0.39, 0.29) is 17.3 Å². The maximum atomic E-state index is 10.6. The van der Waals surface area contributed by atoms with Crippen molar-refractivity contribution in [2.75, 3.05) is 11.9 Å². The van der Waals surface area contributed by atoms with Gasteiger partial charge in [-0.3, -0.25) is 0 Å². The van der Waals surface area contributed by atoms with Crippen LogP contribution in [0.15, 0.2) is 12.4 Å². The van der Waals surface area contributed by atoms with Gasteiger partial charge < -0.3 is 15.2 Å². The van der Waals surface area contributed by atoms with E-state index >= 15 is 0 Å². The predicted molar refractivity (Wildman–Crippen MR) is 61.1 cm³/mol. The van der Waals surface area contributed by atoms with Gasteiger partial charge >= 0.3 is 5.97 Å². The highest BCUT2D eigenvalue weighted by molar-refractivity contribution is 5.84. The molecule has 2 atom stereocenters.